The normalized spacial score (nSPS) is 10.9. The van der Waals surface area contributed by atoms with E-state index in [1.54, 1.807) is 29.8 Å². The molecule has 2 aromatic heterocycles. The SMILES string of the molecule is O=C(O)c1c(F)n(Cc2nccs2)c2ccccc2c1=O. The fourth-order valence-corrected chi connectivity index (χ4v) is 2.78. The molecule has 3 rings (SSSR count). The van der Waals surface area contributed by atoms with E-state index in [1.807, 2.05) is 0 Å². The summed E-state index contributed by atoms with van der Waals surface area (Å²) in [5.74, 6) is -2.63. The maximum Gasteiger partial charge on any atom is 0.344 e. The first-order valence-electron chi connectivity index (χ1n) is 6.02. The number of fused-ring (bicyclic) bond motifs is 1. The highest BCUT2D eigenvalue weighted by atomic mass is 32.1. The van der Waals surface area contributed by atoms with Crippen LogP contribution >= 0.6 is 11.3 Å². The van der Waals surface area contributed by atoms with Gasteiger partial charge in [-0.3, -0.25) is 4.79 Å². The number of thiazole rings is 1. The van der Waals surface area contributed by atoms with E-state index in [4.69, 9.17) is 5.11 Å². The zero-order valence-corrected chi connectivity index (χ0v) is 11.4. The summed E-state index contributed by atoms with van der Waals surface area (Å²) in [6.07, 6.45) is 1.58. The van der Waals surface area contributed by atoms with E-state index in [2.05, 4.69) is 4.98 Å². The molecule has 106 valence electrons. The number of aromatic carboxylic acids is 1. The Morgan fingerprint density at radius 2 is 2.14 bits per heavy atom. The number of halogens is 1. The summed E-state index contributed by atoms with van der Waals surface area (Å²) >= 11 is 1.33. The predicted octanol–water partition coefficient (Wildman–Crippen LogP) is 2.34. The highest BCUT2D eigenvalue weighted by Crippen LogP contribution is 2.18. The van der Waals surface area contributed by atoms with Gasteiger partial charge in [-0.25, -0.2) is 9.78 Å². The van der Waals surface area contributed by atoms with Crippen LogP contribution < -0.4 is 5.43 Å². The minimum absolute atomic E-state index is 0.0740. The van der Waals surface area contributed by atoms with E-state index in [9.17, 15) is 14.0 Å². The molecular weight excluding hydrogens is 295 g/mol. The summed E-state index contributed by atoms with van der Waals surface area (Å²) in [7, 11) is 0. The lowest BCUT2D eigenvalue weighted by Gasteiger charge is -2.12. The molecule has 5 nitrogen and oxygen atoms in total. The van der Waals surface area contributed by atoms with Gasteiger partial charge in [0, 0.05) is 17.0 Å². The summed E-state index contributed by atoms with van der Waals surface area (Å²) in [4.78, 5) is 27.3. The summed E-state index contributed by atoms with van der Waals surface area (Å²) < 4.78 is 15.6. The molecule has 0 aliphatic carbocycles. The number of nitrogens with zero attached hydrogens (tertiary/aromatic N) is 2. The number of pyridine rings is 1. The molecular formula is C14H9FN2O3S. The second-order valence-electron chi connectivity index (χ2n) is 4.33. The number of carboxylic acids is 1. The average Bonchev–Trinajstić information content (AvgIpc) is 2.96. The van der Waals surface area contributed by atoms with Gasteiger partial charge in [-0.1, -0.05) is 12.1 Å². The lowest BCUT2D eigenvalue weighted by molar-refractivity contribution is 0.0688. The Balaban J connectivity index is 2.36. The Bertz CT molecular complexity index is 887. The van der Waals surface area contributed by atoms with Gasteiger partial charge in [-0.2, -0.15) is 4.39 Å². The molecule has 21 heavy (non-hydrogen) atoms. The first-order chi connectivity index (χ1) is 10.1. The van der Waals surface area contributed by atoms with E-state index in [0.29, 0.717) is 10.5 Å². The quantitative estimate of drug-likeness (QED) is 0.754. The van der Waals surface area contributed by atoms with Gasteiger partial charge in [0.15, 0.2) is 5.56 Å². The van der Waals surface area contributed by atoms with Crippen molar-refractivity contribution >= 4 is 28.2 Å². The molecule has 1 aromatic carbocycles. The van der Waals surface area contributed by atoms with Crippen molar-refractivity contribution in [1.82, 2.24) is 9.55 Å². The van der Waals surface area contributed by atoms with E-state index < -0.39 is 22.9 Å². The Morgan fingerprint density at radius 1 is 1.38 bits per heavy atom. The monoisotopic (exact) mass is 304 g/mol. The summed E-state index contributed by atoms with van der Waals surface area (Å²) in [6.45, 7) is 0.0740. The van der Waals surface area contributed by atoms with Gasteiger partial charge < -0.3 is 9.67 Å². The maximum atomic E-state index is 14.5. The van der Waals surface area contributed by atoms with Gasteiger partial charge in [0.1, 0.15) is 5.01 Å². The lowest BCUT2D eigenvalue weighted by atomic mass is 10.1. The van der Waals surface area contributed by atoms with Crippen LogP contribution in [0.25, 0.3) is 10.9 Å². The number of para-hydroxylation sites is 1. The van der Waals surface area contributed by atoms with Crippen LogP contribution in [0.1, 0.15) is 15.4 Å². The summed E-state index contributed by atoms with van der Waals surface area (Å²) in [6, 6.07) is 6.35. The first-order valence-corrected chi connectivity index (χ1v) is 6.90. The minimum atomic E-state index is -1.57. The molecule has 1 N–H and O–H groups in total. The van der Waals surface area contributed by atoms with Gasteiger partial charge in [0.25, 0.3) is 0 Å². The van der Waals surface area contributed by atoms with Gasteiger partial charge in [0.2, 0.25) is 11.4 Å². The number of carbonyl (C=O) groups is 1. The van der Waals surface area contributed by atoms with Crippen molar-refractivity contribution in [3.63, 3.8) is 0 Å². The van der Waals surface area contributed by atoms with E-state index >= 15 is 0 Å². The third-order valence-corrected chi connectivity index (χ3v) is 3.86. The van der Waals surface area contributed by atoms with Gasteiger partial charge in [-0.05, 0) is 12.1 Å². The zero-order valence-electron chi connectivity index (χ0n) is 10.6. The third-order valence-electron chi connectivity index (χ3n) is 3.10. The molecule has 3 aromatic rings. The average molecular weight is 304 g/mol. The molecule has 0 bridgehead atoms. The number of benzene rings is 1. The zero-order chi connectivity index (χ0) is 15.0. The molecule has 0 fully saturated rings. The fourth-order valence-electron chi connectivity index (χ4n) is 2.18. The highest BCUT2D eigenvalue weighted by Gasteiger charge is 2.22. The molecule has 0 aliphatic rings. The van der Waals surface area contributed by atoms with Crippen LogP contribution in [-0.4, -0.2) is 20.6 Å². The van der Waals surface area contributed by atoms with E-state index in [1.165, 1.54) is 22.0 Å². The minimum Gasteiger partial charge on any atom is -0.477 e. The Hall–Kier alpha value is -2.54. The van der Waals surface area contributed by atoms with Crippen molar-refractivity contribution in [2.45, 2.75) is 6.54 Å². The molecule has 7 heteroatoms. The molecule has 0 spiro atoms. The van der Waals surface area contributed by atoms with Crippen molar-refractivity contribution in [3.05, 3.63) is 62.6 Å². The van der Waals surface area contributed by atoms with Crippen LogP contribution in [-0.2, 0) is 6.54 Å². The summed E-state index contributed by atoms with van der Waals surface area (Å²) in [5, 5.41) is 11.6. The highest BCUT2D eigenvalue weighted by molar-refractivity contribution is 7.09. The van der Waals surface area contributed by atoms with Crippen molar-refractivity contribution in [2.24, 2.45) is 0 Å². The van der Waals surface area contributed by atoms with Gasteiger partial charge in [0.05, 0.1) is 12.1 Å². The molecule has 0 saturated carbocycles. The second kappa shape index (κ2) is 5.10. The molecule has 2 heterocycles. The second-order valence-corrected chi connectivity index (χ2v) is 5.31. The van der Waals surface area contributed by atoms with Crippen molar-refractivity contribution in [1.29, 1.82) is 0 Å². The lowest BCUT2D eigenvalue weighted by Crippen LogP contribution is -2.23. The van der Waals surface area contributed by atoms with Crippen LogP contribution in [0.4, 0.5) is 4.39 Å². The van der Waals surface area contributed by atoms with Crippen LogP contribution in [0.3, 0.4) is 0 Å². The van der Waals surface area contributed by atoms with Crippen molar-refractivity contribution < 1.29 is 14.3 Å². The summed E-state index contributed by atoms with van der Waals surface area (Å²) in [5.41, 5.74) is -1.31. The molecule has 0 atom stereocenters. The third kappa shape index (κ3) is 2.21. The van der Waals surface area contributed by atoms with Crippen LogP contribution in [0.2, 0.25) is 0 Å². The Labute approximate surface area is 121 Å². The number of hydrogen-bond donors (Lipinski definition) is 1. The van der Waals surface area contributed by atoms with E-state index in [0.717, 1.165) is 0 Å². The number of aromatic nitrogens is 2. The van der Waals surface area contributed by atoms with Gasteiger partial charge in [-0.15, -0.1) is 11.3 Å². The van der Waals surface area contributed by atoms with Crippen molar-refractivity contribution in [3.8, 4) is 0 Å². The Kier molecular flexibility index (Phi) is 3.26. The van der Waals surface area contributed by atoms with Gasteiger partial charge >= 0.3 is 5.97 Å². The standard InChI is InChI=1S/C14H9FN2O3S/c15-13-11(14(19)20)12(18)8-3-1-2-4-9(8)17(13)7-10-16-5-6-21-10/h1-6H,7H2,(H,19,20). The number of hydrogen-bond acceptors (Lipinski definition) is 4. The molecule has 0 aliphatic heterocycles. The largest absolute Gasteiger partial charge is 0.477 e. The number of carboxylic acid groups (broad SMARTS) is 1. The van der Waals surface area contributed by atoms with Crippen LogP contribution in [0.15, 0.2) is 40.6 Å². The van der Waals surface area contributed by atoms with E-state index in [-0.39, 0.29) is 11.9 Å². The first kappa shape index (κ1) is 13.4. The topological polar surface area (TPSA) is 72.2 Å². The fraction of sp³-hybridized carbons (Fsp3) is 0.0714. The Morgan fingerprint density at radius 3 is 2.81 bits per heavy atom. The van der Waals surface area contributed by atoms with Crippen molar-refractivity contribution in [2.75, 3.05) is 0 Å². The van der Waals surface area contributed by atoms with Crippen LogP contribution in [0, 0.1) is 5.95 Å². The predicted molar refractivity (Wildman–Crippen MR) is 76.3 cm³/mol. The van der Waals surface area contributed by atoms with Crippen LogP contribution in [0.5, 0.6) is 0 Å². The number of rotatable bonds is 3. The molecule has 0 unspecified atom stereocenters. The molecule has 0 amide bonds. The smallest absolute Gasteiger partial charge is 0.344 e. The molecule has 0 saturated heterocycles. The maximum absolute atomic E-state index is 14.5. The molecule has 0 radical (unpaired) electrons.